The van der Waals surface area contributed by atoms with Crippen LogP contribution in [0.1, 0.15) is 12.8 Å². The zero-order valence-electron chi connectivity index (χ0n) is 7.62. The molecule has 1 saturated heterocycles. The van der Waals surface area contributed by atoms with Crippen LogP contribution in [0.3, 0.4) is 0 Å². The third-order valence-corrected chi connectivity index (χ3v) is 2.56. The summed E-state index contributed by atoms with van der Waals surface area (Å²) >= 11 is 0. The second kappa shape index (κ2) is 3.79. The third kappa shape index (κ3) is 2.01. The van der Waals surface area contributed by atoms with Crippen molar-refractivity contribution in [1.82, 2.24) is 15.1 Å². The Morgan fingerprint density at radius 3 is 3.15 bits per heavy atom. The summed E-state index contributed by atoms with van der Waals surface area (Å²) in [5, 5.41) is 6.27. The van der Waals surface area contributed by atoms with Gasteiger partial charge in [-0.15, -0.1) is 0 Å². The maximum absolute atomic E-state index is 11.2. The molecule has 0 saturated carbocycles. The molecule has 0 spiro atoms. The molecule has 1 aliphatic rings. The summed E-state index contributed by atoms with van der Waals surface area (Å²) in [6.45, 7) is 2.97. The first-order valence-corrected chi connectivity index (χ1v) is 4.81. The zero-order valence-corrected chi connectivity index (χ0v) is 7.62. The molecule has 0 aromatic carbocycles. The van der Waals surface area contributed by atoms with Gasteiger partial charge in [-0.05, 0) is 31.8 Å². The second-order valence-electron chi connectivity index (χ2n) is 3.62. The van der Waals surface area contributed by atoms with Crippen molar-refractivity contribution in [2.24, 2.45) is 5.92 Å². The third-order valence-electron chi connectivity index (χ3n) is 2.56. The number of nitrogens with zero attached hydrogens (tertiary/aromatic N) is 1. The topological polar surface area (TPSA) is 49.8 Å². The smallest absolute Gasteiger partial charge is 0.266 e. The minimum absolute atomic E-state index is 0.0746. The van der Waals surface area contributed by atoms with Gasteiger partial charge in [0.2, 0.25) is 0 Å². The van der Waals surface area contributed by atoms with Crippen LogP contribution in [0, 0.1) is 5.92 Å². The number of hydrogen-bond donors (Lipinski definition) is 2. The lowest BCUT2D eigenvalue weighted by molar-refractivity contribution is 0.322. The Balaban J connectivity index is 1.97. The van der Waals surface area contributed by atoms with E-state index >= 15 is 0 Å². The molecule has 2 heterocycles. The van der Waals surface area contributed by atoms with Crippen molar-refractivity contribution in [2.45, 2.75) is 19.4 Å². The SMILES string of the molecule is O=c1cc[nH]n1CC1CCCNC1. The van der Waals surface area contributed by atoms with Crippen LogP contribution < -0.4 is 10.9 Å². The van der Waals surface area contributed by atoms with Gasteiger partial charge in [-0.3, -0.25) is 9.48 Å². The summed E-state index contributed by atoms with van der Waals surface area (Å²) in [7, 11) is 0. The average molecular weight is 181 g/mol. The molecule has 0 radical (unpaired) electrons. The number of nitrogens with one attached hydrogen (secondary N) is 2. The molecule has 72 valence electrons. The van der Waals surface area contributed by atoms with Crippen LogP contribution in [-0.4, -0.2) is 22.9 Å². The molecule has 2 N–H and O–H groups in total. The Bertz CT molecular complexity index is 309. The normalized spacial score (nSPS) is 23.2. The Kier molecular flexibility index (Phi) is 2.49. The highest BCUT2D eigenvalue weighted by Crippen LogP contribution is 2.10. The minimum Gasteiger partial charge on any atom is -0.316 e. The van der Waals surface area contributed by atoms with Crippen molar-refractivity contribution in [3.63, 3.8) is 0 Å². The monoisotopic (exact) mass is 181 g/mol. The molecule has 1 fully saturated rings. The van der Waals surface area contributed by atoms with Gasteiger partial charge >= 0.3 is 0 Å². The van der Waals surface area contributed by atoms with E-state index in [1.165, 1.54) is 12.8 Å². The Hall–Kier alpha value is -1.03. The van der Waals surface area contributed by atoms with Crippen molar-refractivity contribution < 1.29 is 0 Å². The van der Waals surface area contributed by atoms with Crippen LogP contribution >= 0.6 is 0 Å². The molecule has 1 aromatic heterocycles. The molecule has 1 unspecified atom stereocenters. The number of aromatic nitrogens is 2. The molecule has 4 nitrogen and oxygen atoms in total. The van der Waals surface area contributed by atoms with Crippen LogP contribution in [0.4, 0.5) is 0 Å². The van der Waals surface area contributed by atoms with Gasteiger partial charge in [-0.2, -0.15) is 0 Å². The Labute approximate surface area is 76.9 Å². The second-order valence-corrected chi connectivity index (χ2v) is 3.62. The van der Waals surface area contributed by atoms with Crippen LogP contribution in [0.15, 0.2) is 17.1 Å². The fraction of sp³-hybridized carbons (Fsp3) is 0.667. The van der Waals surface area contributed by atoms with Gasteiger partial charge in [-0.25, -0.2) is 0 Å². The first kappa shape index (κ1) is 8.56. The van der Waals surface area contributed by atoms with Crippen molar-refractivity contribution in [2.75, 3.05) is 13.1 Å². The number of aromatic amines is 1. The van der Waals surface area contributed by atoms with Crippen molar-refractivity contribution in [3.05, 3.63) is 22.6 Å². The maximum Gasteiger partial charge on any atom is 0.266 e. The molecule has 1 aliphatic heterocycles. The highest BCUT2D eigenvalue weighted by atomic mass is 16.1. The van der Waals surface area contributed by atoms with Gasteiger partial charge in [-0.1, -0.05) is 0 Å². The summed E-state index contributed by atoms with van der Waals surface area (Å²) in [6.07, 6.45) is 4.14. The van der Waals surface area contributed by atoms with E-state index in [1.807, 2.05) is 0 Å². The fourth-order valence-electron chi connectivity index (χ4n) is 1.83. The highest BCUT2D eigenvalue weighted by molar-refractivity contribution is 4.81. The van der Waals surface area contributed by atoms with Gasteiger partial charge in [0.25, 0.3) is 5.56 Å². The number of H-pyrrole nitrogens is 1. The number of piperidine rings is 1. The summed E-state index contributed by atoms with van der Waals surface area (Å²) in [6, 6.07) is 1.57. The molecule has 13 heavy (non-hydrogen) atoms. The van der Waals surface area contributed by atoms with Gasteiger partial charge < -0.3 is 10.4 Å². The largest absolute Gasteiger partial charge is 0.316 e. The standard InChI is InChI=1S/C9H15N3O/c13-9-3-5-11-12(9)7-8-2-1-4-10-6-8/h3,5,8,10-11H,1-2,4,6-7H2. The van der Waals surface area contributed by atoms with Crippen LogP contribution in [0.25, 0.3) is 0 Å². The van der Waals surface area contributed by atoms with Crippen molar-refractivity contribution >= 4 is 0 Å². The average Bonchev–Trinajstić information content (AvgIpc) is 2.54. The summed E-state index contributed by atoms with van der Waals surface area (Å²) in [4.78, 5) is 11.2. The molecule has 4 heteroatoms. The van der Waals surface area contributed by atoms with E-state index in [2.05, 4.69) is 10.4 Å². The lowest BCUT2D eigenvalue weighted by atomic mass is 10.00. The van der Waals surface area contributed by atoms with Crippen LogP contribution in [0.2, 0.25) is 0 Å². The molecule has 1 aromatic rings. The highest BCUT2D eigenvalue weighted by Gasteiger charge is 2.13. The summed E-state index contributed by atoms with van der Waals surface area (Å²) < 4.78 is 1.68. The Morgan fingerprint density at radius 1 is 1.62 bits per heavy atom. The van der Waals surface area contributed by atoms with E-state index < -0.39 is 0 Å². The van der Waals surface area contributed by atoms with Crippen molar-refractivity contribution in [3.8, 4) is 0 Å². The quantitative estimate of drug-likeness (QED) is 0.683. The minimum atomic E-state index is 0.0746. The maximum atomic E-state index is 11.2. The lowest BCUT2D eigenvalue weighted by Crippen LogP contribution is -2.34. The van der Waals surface area contributed by atoms with E-state index in [9.17, 15) is 4.79 Å². The van der Waals surface area contributed by atoms with Crippen LogP contribution in [-0.2, 0) is 6.54 Å². The Morgan fingerprint density at radius 2 is 2.54 bits per heavy atom. The van der Waals surface area contributed by atoms with E-state index in [4.69, 9.17) is 0 Å². The fourth-order valence-corrected chi connectivity index (χ4v) is 1.83. The van der Waals surface area contributed by atoms with Crippen molar-refractivity contribution in [1.29, 1.82) is 0 Å². The van der Waals surface area contributed by atoms with Gasteiger partial charge in [0.1, 0.15) is 0 Å². The van der Waals surface area contributed by atoms with E-state index in [-0.39, 0.29) is 5.56 Å². The number of hydrogen-bond acceptors (Lipinski definition) is 2. The first-order chi connectivity index (χ1) is 6.36. The van der Waals surface area contributed by atoms with Gasteiger partial charge in [0.05, 0.1) is 0 Å². The molecule has 0 bridgehead atoms. The predicted molar refractivity (Wildman–Crippen MR) is 50.6 cm³/mol. The van der Waals surface area contributed by atoms with Gasteiger partial charge in [0.15, 0.2) is 0 Å². The van der Waals surface area contributed by atoms with Crippen LogP contribution in [0.5, 0.6) is 0 Å². The van der Waals surface area contributed by atoms with Gasteiger partial charge in [0, 0.05) is 18.8 Å². The molecule has 1 atom stereocenters. The molecular formula is C9H15N3O. The molecule has 2 rings (SSSR count). The van der Waals surface area contributed by atoms with E-state index in [0.717, 1.165) is 19.6 Å². The number of rotatable bonds is 2. The molecule has 0 amide bonds. The summed E-state index contributed by atoms with van der Waals surface area (Å²) in [5.41, 5.74) is 0.0746. The lowest BCUT2D eigenvalue weighted by Gasteiger charge is -2.22. The van der Waals surface area contributed by atoms with E-state index in [1.54, 1.807) is 16.9 Å². The predicted octanol–water partition coefficient (Wildman–Crippen LogP) is 0.176. The molecule has 0 aliphatic carbocycles. The molecular weight excluding hydrogens is 166 g/mol. The zero-order chi connectivity index (χ0) is 9.10. The first-order valence-electron chi connectivity index (χ1n) is 4.81. The summed E-state index contributed by atoms with van der Waals surface area (Å²) in [5.74, 6) is 0.602. The van der Waals surface area contributed by atoms with E-state index in [0.29, 0.717) is 5.92 Å².